The molecule has 0 radical (unpaired) electrons. The molecule has 0 amide bonds. The van der Waals surface area contributed by atoms with Gasteiger partial charge in [0.15, 0.2) is 0 Å². The highest BCUT2D eigenvalue weighted by molar-refractivity contribution is 7.86. The van der Waals surface area contributed by atoms with E-state index in [1.165, 1.54) is 12.1 Å². The number of alkyl halides is 3. The lowest BCUT2D eigenvalue weighted by Gasteiger charge is -2.34. The molecule has 0 saturated heterocycles. The maximum atomic E-state index is 15.0. The Morgan fingerprint density at radius 1 is 1.17 bits per heavy atom. The van der Waals surface area contributed by atoms with E-state index in [1.54, 1.807) is 30.4 Å². The monoisotopic (exact) mass is 288 g/mol. The number of allylic oxidation sites excluding steroid dienone is 2. The smallest absolute Gasteiger partial charge is 0.243 e. The third kappa shape index (κ3) is 1.39. The maximum absolute atomic E-state index is 15.0. The first-order valence-electron chi connectivity index (χ1n) is 5.70. The van der Waals surface area contributed by atoms with Crippen LogP contribution in [-0.4, -0.2) is 14.3 Å². The quantitative estimate of drug-likeness (QED) is 0.601. The Morgan fingerprint density at radius 2 is 1.78 bits per heavy atom. The fourth-order valence-electron chi connectivity index (χ4n) is 2.72. The number of benzene rings is 1. The molecule has 2 bridgehead atoms. The first-order chi connectivity index (χ1) is 8.48. The highest BCUT2D eigenvalue weighted by atomic mass is 35.5. The SMILES string of the molecule is O=S(c1ccccc1)[C@@]1(F)[C@H]2C=C[C@H](C2)[C@]1(F)Cl. The van der Waals surface area contributed by atoms with Crippen LogP contribution in [0, 0.1) is 11.8 Å². The second-order valence-corrected chi connectivity index (χ2v) is 6.84. The van der Waals surface area contributed by atoms with Crippen molar-refractivity contribution in [2.75, 3.05) is 0 Å². The van der Waals surface area contributed by atoms with Gasteiger partial charge in [-0.2, -0.15) is 0 Å². The summed E-state index contributed by atoms with van der Waals surface area (Å²) in [6.07, 6.45) is 3.46. The van der Waals surface area contributed by atoms with Crippen molar-refractivity contribution in [2.45, 2.75) is 21.4 Å². The van der Waals surface area contributed by atoms with Gasteiger partial charge in [0, 0.05) is 16.7 Å². The van der Waals surface area contributed by atoms with Gasteiger partial charge in [0.1, 0.15) is 0 Å². The Morgan fingerprint density at radius 3 is 2.33 bits per heavy atom. The van der Waals surface area contributed by atoms with Crippen LogP contribution >= 0.6 is 11.6 Å². The van der Waals surface area contributed by atoms with E-state index in [-0.39, 0.29) is 11.3 Å². The zero-order chi connectivity index (χ0) is 13.0. The van der Waals surface area contributed by atoms with Crippen molar-refractivity contribution in [3.05, 3.63) is 42.5 Å². The van der Waals surface area contributed by atoms with Gasteiger partial charge in [-0.25, -0.2) is 8.78 Å². The van der Waals surface area contributed by atoms with E-state index in [9.17, 15) is 8.60 Å². The molecule has 5 atom stereocenters. The van der Waals surface area contributed by atoms with Crippen LogP contribution in [0.4, 0.5) is 8.78 Å². The van der Waals surface area contributed by atoms with Gasteiger partial charge in [-0.15, -0.1) is 0 Å². The number of halogens is 3. The van der Waals surface area contributed by atoms with Crippen LogP contribution in [0.3, 0.4) is 0 Å². The van der Waals surface area contributed by atoms with E-state index in [4.69, 9.17) is 11.6 Å². The fraction of sp³-hybridized carbons (Fsp3) is 0.385. The molecule has 18 heavy (non-hydrogen) atoms. The van der Waals surface area contributed by atoms with Crippen LogP contribution in [0.2, 0.25) is 0 Å². The molecule has 1 saturated carbocycles. The number of rotatable bonds is 2. The normalized spacial score (nSPS) is 43.3. The second-order valence-electron chi connectivity index (χ2n) is 4.68. The van der Waals surface area contributed by atoms with E-state index in [0.717, 1.165) is 0 Å². The Balaban J connectivity index is 2.06. The van der Waals surface area contributed by atoms with Crippen molar-refractivity contribution in [1.29, 1.82) is 0 Å². The molecule has 1 aromatic carbocycles. The van der Waals surface area contributed by atoms with Gasteiger partial charge in [-0.05, 0) is 18.6 Å². The summed E-state index contributed by atoms with van der Waals surface area (Å²) in [4.78, 5) is 0.267. The minimum absolute atomic E-state index is 0.267. The molecule has 96 valence electrons. The summed E-state index contributed by atoms with van der Waals surface area (Å²) in [5.74, 6) is -1.41. The summed E-state index contributed by atoms with van der Waals surface area (Å²) < 4.78 is 41.8. The Hall–Kier alpha value is -0.740. The van der Waals surface area contributed by atoms with E-state index < -0.39 is 32.8 Å². The predicted octanol–water partition coefficient (Wildman–Crippen LogP) is 3.57. The zero-order valence-corrected chi connectivity index (χ0v) is 10.9. The molecule has 1 fully saturated rings. The number of fused-ring (bicyclic) bond motifs is 2. The summed E-state index contributed by atoms with van der Waals surface area (Å²) in [5, 5.41) is -5.14. The van der Waals surface area contributed by atoms with E-state index >= 15 is 4.39 Å². The number of hydrogen-bond acceptors (Lipinski definition) is 1. The molecule has 2 aliphatic rings. The van der Waals surface area contributed by atoms with Gasteiger partial charge in [0.05, 0.1) is 10.8 Å². The molecule has 1 aromatic rings. The van der Waals surface area contributed by atoms with Crippen molar-refractivity contribution in [2.24, 2.45) is 11.8 Å². The molecule has 0 heterocycles. The van der Waals surface area contributed by atoms with E-state index in [0.29, 0.717) is 0 Å². The van der Waals surface area contributed by atoms with Gasteiger partial charge >= 0.3 is 0 Å². The summed E-state index contributed by atoms with van der Waals surface area (Å²) >= 11 is 5.73. The van der Waals surface area contributed by atoms with Crippen LogP contribution in [0.5, 0.6) is 0 Å². The third-order valence-electron chi connectivity index (χ3n) is 3.71. The highest BCUT2D eigenvalue weighted by Crippen LogP contribution is 2.61. The van der Waals surface area contributed by atoms with Gasteiger partial charge in [0.2, 0.25) is 10.1 Å². The van der Waals surface area contributed by atoms with Gasteiger partial charge in [0.25, 0.3) is 0 Å². The van der Waals surface area contributed by atoms with Crippen molar-refractivity contribution in [3.8, 4) is 0 Å². The minimum Gasteiger partial charge on any atom is -0.251 e. The molecule has 1 nitrogen and oxygen atoms in total. The third-order valence-corrected chi connectivity index (χ3v) is 6.21. The lowest BCUT2D eigenvalue weighted by Crippen LogP contribution is -2.50. The Kier molecular flexibility index (Phi) is 2.65. The average molecular weight is 289 g/mol. The Labute approximate surface area is 111 Å². The zero-order valence-electron chi connectivity index (χ0n) is 9.35. The molecule has 1 unspecified atom stereocenters. The largest absolute Gasteiger partial charge is 0.251 e. The maximum Gasteiger partial charge on any atom is 0.243 e. The standard InChI is InChI=1S/C13H11ClF2OS/c14-12(15)9-6-7-10(8-9)13(12,16)18(17)11-4-2-1-3-5-11/h1-7,9-10H,8H2/t9-,10+,12-,13+,18?/m1/s1. The molecule has 5 heteroatoms. The van der Waals surface area contributed by atoms with Crippen LogP contribution in [0.25, 0.3) is 0 Å². The van der Waals surface area contributed by atoms with Crippen molar-refractivity contribution >= 4 is 22.4 Å². The molecule has 3 rings (SSSR count). The molecule has 0 spiro atoms. The Bertz CT molecular complexity index is 531. The minimum atomic E-state index is -2.59. The van der Waals surface area contributed by atoms with Gasteiger partial charge in [-0.1, -0.05) is 42.0 Å². The summed E-state index contributed by atoms with van der Waals surface area (Å²) in [6, 6.07) is 8.08. The van der Waals surface area contributed by atoms with Crippen LogP contribution in [0.15, 0.2) is 47.4 Å². The first kappa shape index (κ1) is 12.3. The van der Waals surface area contributed by atoms with Crippen molar-refractivity contribution in [1.82, 2.24) is 0 Å². The molecular formula is C13H11ClF2OS. The number of hydrogen-bond donors (Lipinski definition) is 0. The molecule has 0 N–H and O–H groups in total. The van der Waals surface area contributed by atoms with Crippen molar-refractivity contribution in [3.63, 3.8) is 0 Å². The van der Waals surface area contributed by atoms with Gasteiger partial charge < -0.3 is 0 Å². The van der Waals surface area contributed by atoms with Crippen LogP contribution in [-0.2, 0) is 10.8 Å². The molecule has 2 aliphatic carbocycles. The molecule has 0 aliphatic heterocycles. The topological polar surface area (TPSA) is 17.1 Å². The average Bonchev–Trinajstić information content (AvgIpc) is 2.93. The summed E-state index contributed by atoms with van der Waals surface area (Å²) in [6.45, 7) is 0. The lowest BCUT2D eigenvalue weighted by molar-refractivity contribution is 0.0837. The fourth-order valence-corrected chi connectivity index (χ4v) is 4.83. The summed E-state index contributed by atoms with van der Waals surface area (Å²) in [7, 11) is -2.12. The predicted molar refractivity (Wildman–Crippen MR) is 67.1 cm³/mol. The van der Waals surface area contributed by atoms with E-state index in [2.05, 4.69) is 0 Å². The summed E-state index contributed by atoms with van der Waals surface area (Å²) in [5.41, 5.74) is 0. The first-order valence-corrected chi connectivity index (χ1v) is 7.22. The van der Waals surface area contributed by atoms with Gasteiger partial charge in [-0.3, -0.25) is 4.21 Å². The van der Waals surface area contributed by atoms with Crippen LogP contribution in [0.1, 0.15) is 6.42 Å². The second kappa shape index (κ2) is 3.87. The van der Waals surface area contributed by atoms with E-state index in [1.807, 2.05) is 0 Å². The molecular weight excluding hydrogens is 278 g/mol. The lowest BCUT2D eigenvalue weighted by atomic mass is 10.0. The molecule has 0 aromatic heterocycles. The highest BCUT2D eigenvalue weighted by Gasteiger charge is 2.71. The van der Waals surface area contributed by atoms with Crippen LogP contribution < -0.4 is 0 Å². The van der Waals surface area contributed by atoms with Crippen molar-refractivity contribution < 1.29 is 13.0 Å².